The van der Waals surface area contributed by atoms with Crippen LogP contribution >= 0.6 is 11.6 Å². The van der Waals surface area contributed by atoms with Crippen molar-refractivity contribution in [2.24, 2.45) is 5.73 Å². The fourth-order valence-electron chi connectivity index (χ4n) is 2.58. The van der Waals surface area contributed by atoms with E-state index < -0.39 is 35.5 Å². The second-order valence-electron chi connectivity index (χ2n) is 6.34. The maximum Gasteiger partial charge on any atom is 0.344 e. The van der Waals surface area contributed by atoms with Gasteiger partial charge in [-0.15, -0.1) is 0 Å². The summed E-state index contributed by atoms with van der Waals surface area (Å²) in [4.78, 5) is 14.5. The Kier molecular flexibility index (Phi) is 6.49. The van der Waals surface area contributed by atoms with E-state index in [0.717, 1.165) is 11.1 Å². The number of aliphatic carboxylic acids is 1. The number of rotatable bonds is 7. The maximum absolute atomic E-state index is 14.2. The van der Waals surface area contributed by atoms with E-state index in [1.165, 1.54) is 13.0 Å². The Hall–Kier alpha value is -3.23. The normalized spacial score (nSPS) is 11.8. The van der Waals surface area contributed by atoms with Crippen LogP contribution in [0.15, 0.2) is 48.5 Å². The Balaban J connectivity index is 1.94. The van der Waals surface area contributed by atoms with E-state index in [2.05, 4.69) is 4.98 Å². The first-order valence-electron chi connectivity index (χ1n) is 8.80. The highest BCUT2D eigenvalue weighted by Crippen LogP contribution is 2.33. The van der Waals surface area contributed by atoms with E-state index in [-0.39, 0.29) is 5.75 Å². The second-order valence-corrected chi connectivity index (χ2v) is 6.78. The molecule has 0 saturated heterocycles. The van der Waals surface area contributed by atoms with Gasteiger partial charge in [0.05, 0.1) is 0 Å². The lowest BCUT2D eigenvalue weighted by Crippen LogP contribution is -2.24. The van der Waals surface area contributed by atoms with Gasteiger partial charge >= 0.3 is 5.97 Å². The predicted molar refractivity (Wildman–Crippen MR) is 107 cm³/mol. The zero-order chi connectivity index (χ0) is 21.8. The lowest BCUT2D eigenvalue weighted by molar-refractivity contribution is -0.144. The number of benzene rings is 2. The molecule has 0 fully saturated rings. The van der Waals surface area contributed by atoms with Gasteiger partial charge < -0.3 is 20.3 Å². The molecular weight excluding hydrogens is 418 g/mol. The van der Waals surface area contributed by atoms with Gasteiger partial charge in [0, 0.05) is 17.6 Å². The van der Waals surface area contributed by atoms with Gasteiger partial charge in [-0.05, 0) is 47.9 Å². The third-order valence-corrected chi connectivity index (χ3v) is 4.30. The first-order valence-corrected chi connectivity index (χ1v) is 9.18. The van der Waals surface area contributed by atoms with Crippen LogP contribution in [0.25, 0.3) is 11.1 Å². The van der Waals surface area contributed by atoms with Crippen molar-refractivity contribution in [2.45, 2.75) is 19.6 Å². The highest BCUT2D eigenvalue weighted by atomic mass is 35.5. The molecular formula is C21H17ClF2N2O4. The number of halogens is 3. The summed E-state index contributed by atoms with van der Waals surface area (Å²) < 4.78 is 38.5. The van der Waals surface area contributed by atoms with Gasteiger partial charge in [-0.25, -0.2) is 13.6 Å². The van der Waals surface area contributed by atoms with Crippen molar-refractivity contribution in [3.05, 3.63) is 70.8 Å². The van der Waals surface area contributed by atoms with Crippen LogP contribution in [0.2, 0.25) is 5.02 Å². The van der Waals surface area contributed by atoms with Gasteiger partial charge in [-0.3, -0.25) is 0 Å². The SMILES string of the molecule is CC(Oc1nc(Oc2cc(Cl)cc(-c3cccc(CN)c3)c2)c(F)cc1F)C(=O)O. The molecule has 0 spiro atoms. The Morgan fingerprint density at radius 2 is 1.87 bits per heavy atom. The molecule has 3 N–H and O–H groups in total. The lowest BCUT2D eigenvalue weighted by atomic mass is 10.0. The highest BCUT2D eigenvalue weighted by Gasteiger charge is 2.20. The molecule has 3 rings (SSSR count). The monoisotopic (exact) mass is 434 g/mol. The predicted octanol–water partition coefficient (Wildman–Crippen LogP) is 4.78. The van der Waals surface area contributed by atoms with E-state index >= 15 is 0 Å². The van der Waals surface area contributed by atoms with Gasteiger partial charge in [-0.2, -0.15) is 4.98 Å². The molecule has 1 atom stereocenters. The molecule has 1 aromatic heterocycles. The summed E-state index contributed by atoms with van der Waals surface area (Å²) in [5, 5.41) is 9.22. The van der Waals surface area contributed by atoms with Gasteiger partial charge in [0.2, 0.25) is 0 Å². The molecule has 0 aliphatic carbocycles. The second kappa shape index (κ2) is 9.06. The average Bonchev–Trinajstić information content (AvgIpc) is 2.71. The molecule has 0 saturated carbocycles. The molecule has 0 aliphatic heterocycles. The van der Waals surface area contributed by atoms with Gasteiger partial charge in [0.25, 0.3) is 11.8 Å². The van der Waals surface area contributed by atoms with Crippen molar-refractivity contribution in [2.75, 3.05) is 0 Å². The van der Waals surface area contributed by atoms with Gasteiger partial charge in [0.1, 0.15) is 5.75 Å². The third kappa shape index (κ3) is 5.03. The van der Waals surface area contributed by atoms with Crippen LogP contribution in [0.3, 0.4) is 0 Å². The molecule has 1 unspecified atom stereocenters. The van der Waals surface area contributed by atoms with Crippen molar-refractivity contribution < 1.29 is 28.2 Å². The molecule has 6 nitrogen and oxygen atoms in total. The molecule has 3 aromatic rings. The Labute approximate surface area is 175 Å². The quantitative estimate of drug-likeness (QED) is 0.555. The molecule has 1 heterocycles. The number of aromatic nitrogens is 1. The van der Waals surface area contributed by atoms with E-state index in [1.807, 2.05) is 24.3 Å². The number of pyridine rings is 1. The number of nitrogens with zero attached hydrogens (tertiary/aromatic N) is 1. The Morgan fingerprint density at radius 1 is 1.13 bits per heavy atom. The molecule has 0 radical (unpaired) electrons. The topological polar surface area (TPSA) is 94.7 Å². The molecule has 9 heteroatoms. The minimum Gasteiger partial charge on any atom is -0.479 e. The van der Waals surface area contributed by atoms with E-state index in [0.29, 0.717) is 23.2 Å². The summed E-state index contributed by atoms with van der Waals surface area (Å²) in [5.41, 5.74) is 8.09. The highest BCUT2D eigenvalue weighted by molar-refractivity contribution is 6.31. The maximum atomic E-state index is 14.2. The zero-order valence-corrected chi connectivity index (χ0v) is 16.5. The number of carbonyl (C=O) groups is 1. The summed E-state index contributed by atoms with van der Waals surface area (Å²) in [6.07, 6.45) is -1.39. The fraction of sp³-hybridized carbons (Fsp3) is 0.143. The van der Waals surface area contributed by atoms with Crippen LogP contribution in [-0.2, 0) is 11.3 Å². The number of hydrogen-bond acceptors (Lipinski definition) is 5. The number of ether oxygens (including phenoxy) is 2. The number of carboxylic acid groups (broad SMARTS) is 1. The van der Waals surface area contributed by atoms with Crippen molar-refractivity contribution in [3.8, 4) is 28.6 Å². The summed E-state index contributed by atoms with van der Waals surface area (Å²) in [6, 6.07) is 12.7. The number of nitrogens with two attached hydrogens (primary N) is 1. The van der Waals surface area contributed by atoms with Gasteiger partial charge in [0.15, 0.2) is 17.7 Å². The Morgan fingerprint density at radius 3 is 2.57 bits per heavy atom. The molecule has 156 valence electrons. The van der Waals surface area contributed by atoms with Crippen molar-refractivity contribution in [1.29, 1.82) is 0 Å². The standard InChI is InChI=1S/C21H17ClF2N2O4/c1-11(21(27)28)29-19-17(23)9-18(24)20(26-19)30-16-7-14(6-15(22)8-16)13-4-2-3-12(5-13)10-25/h2-9,11H,10,25H2,1H3,(H,27,28). The largest absolute Gasteiger partial charge is 0.479 e. The van der Waals surface area contributed by atoms with Crippen LogP contribution in [0.5, 0.6) is 17.5 Å². The summed E-state index contributed by atoms with van der Waals surface area (Å²) in [5.74, 6) is -4.71. The van der Waals surface area contributed by atoms with Gasteiger partial charge in [-0.1, -0.05) is 29.8 Å². The van der Waals surface area contributed by atoms with Crippen LogP contribution < -0.4 is 15.2 Å². The number of carboxylic acids is 1. The third-order valence-electron chi connectivity index (χ3n) is 4.08. The molecule has 0 aliphatic rings. The van der Waals surface area contributed by atoms with Crippen LogP contribution in [0.4, 0.5) is 8.78 Å². The summed E-state index contributed by atoms with van der Waals surface area (Å²) >= 11 is 6.17. The first-order chi connectivity index (χ1) is 14.3. The Bertz CT molecular complexity index is 1090. The zero-order valence-electron chi connectivity index (χ0n) is 15.7. The van der Waals surface area contributed by atoms with Crippen LogP contribution in [0, 0.1) is 11.6 Å². The lowest BCUT2D eigenvalue weighted by Gasteiger charge is -2.13. The van der Waals surface area contributed by atoms with E-state index in [1.54, 1.807) is 12.1 Å². The molecule has 2 aromatic carbocycles. The average molecular weight is 435 g/mol. The smallest absolute Gasteiger partial charge is 0.344 e. The molecule has 0 amide bonds. The van der Waals surface area contributed by atoms with Crippen molar-refractivity contribution >= 4 is 17.6 Å². The van der Waals surface area contributed by atoms with Crippen molar-refractivity contribution in [3.63, 3.8) is 0 Å². The first kappa shape index (κ1) is 21.5. The minimum absolute atomic E-state index is 0.144. The summed E-state index contributed by atoms with van der Waals surface area (Å²) in [6.45, 7) is 1.55. The minimum atomic E-state index is -1.39. The van der Waals surface area contributed by atoms with Crippen molar-refractivity contribution in [1.82, 2.24) is 4.98 Å². The summed E-state index contributed by atoms with van der Waals surface area (Å²) in [7, 11) is 0. The molecule has 0 bridgehead atoms. The molecule has 30 heavy (non-hydrogen) atoms. The van der Waals surface area contributed by atoms with E-state index in [4.69, 9.17) is 31.9 Å². The fourth-order valence-corrected chi connectivity index (χ4v) is 2.81. The van der Waals surface area contributed by atoms with E-state index in [9.17, 15) is 13.6 Å². The number of hydrogen-bond donors (Lipinski definition) is 2. The van der Waals surface area contributed by atoms with Crippen LogP contribution in [0.1, 0.15) is 12.5 Å². The van der Waals surface area contributed by atoms with Crippen LogP contribution in [-0.4, -0.2) is 22.2 Å².